The van der Waals surface area contributed by atoms with E-state index < -0.39 is 5.97 Å². The molecule has 0 spiro atoms. The van der Waals surface area contributed by atoms with E-state index in [0.29, 0.717) is 59.8 Å². The Balaban J connectivity index is 1.47. The van der Waals surface area contributed by atoms with Crippen molar-refractivity contribution in [2.45, 2.75) is 13.8 Å². The summed E-state index contributed by atoms with van der Waals surface area (Å²) in [6.07, 6.45) is 0. The Bertz CT molecular complexity index is 1620. The number of carbonyl (C=O) groups is 3. The number of H-pyrrole nitrogens is 1. The van der Waals surface area contributed by atoms with Crippen molar-refractivity contribution in [1.29, 1.82) is 0 Å². The molecular weight excluding hydrogens is 508 g/mol. The summed E-state index contributed by atoms with van der Waals surface area (Å²) in [4.78, 5) is 47.5. The van der Waals surface area contributed by atoms with E-state index in [4.69, 9.17) is 10.1 Å². The highest BCUT2D eigenvalue weighted by atomic mass is 16.4. The number of Topliss-reactive ketones (excluding diaryl/α,β-unsaturated/α-hetero) is 1. The fourth-order valence-electron chi connectivity index (χ4n) is 5.11. The highest BCUT2D eigenvalue weighted by Crippen LogP contribution is 2.33. The van der Waals surface area contributed by atoms with Gasteiger partial charge in [-0.15, -0.1) is 0 Å². The first kappa shape index (κ1) is 26.8. The normalized spacial score (nSPS) is 14.4. The molecule has 204 valence electrons. The van der Waals surface area contributed by atoms with Gasteiger partial charge in [-0.25, -0.2) is 4.99 Å². The fourth-order valence-corrected chi connectivity index (χ4v) is 5.11. The summed E-state index contributed by atoms with van der Waals surface area (Å²) in [6, 6.07) is 20.1. The van der Waals surface area contributed by atoms with E-state index in [1.807, 2.05) is 48.2 Å². The topological polar surface area (TPSA) is 126 Å². The van der Waals surface area contributed by atoms with Crippen LogP contribution in [0.3, 0.4) is 0 Å². The molecule has 1 aliphatic rings. The van der Waals surface area contributed by atoms with Crippen LogP contribution in [0.25, 0.3) is 10.9 Å². The molecule has 3 N–H and O–H groups in total. The molecule has 0 radical (unpaired) electrons. The van der Waals surface area contributed by atoms with Crippen molar-refractivity contribution in [3.05, 3.63) is 94.5 Å². The second kappa shape index (κ2) is 11.2. The number of rotatable bonds is 7. The molecule has 0 aliphatic carbocycles. The van der Waals surface area contributed by atoms with Crippen LogP contribution >= 0.6 is 0 Å². The molecule has 9 nitrogen and oxygen atoms in total. The van der Waals surface area contributed by atoms with Crippen molar-refractivity contribution in [2.24, 2.45) is 4.99 Å². The number of nitrogens with one attached hydrogen (secondary N) is 1. The minimum absolute atomic E-state index is 0.0259. The molecule has 5 rings (SSSR count). The first-order valence-corrected chi connectivity index (χ1v) is 13.1. The van der Waals surface area contributed by atoms with Crippen LogP contribution in [0.1, 0.15) is 44.3 Å². The van der Waals surface area contributed by atoms with Crippen molar-refractivity contribution >= 4 is 40.0 Å². The average molecular weight is 539 g/mol. The number of benzene rings is 3. The van der Waals surface area contributed by atoms with E-state index in [-0.39, 0.29) is 24.1 Å². The van der Waals surface area contributed by atoms with Crippen LogP contribution in [-0.2, 0) is 4.79 Å². The summed E-state index contributed by atoms with van der Waals surface area (Å²) < 4.78 is 0. The minimum atomic E-state index is -0.873. The number of ketones is 1. The predicted octanol–water partition coefficient (Wildman–Crippen LogP) is 4.40. The average Bonchev–Trinajstić information content (AvgIpc) is 3.26. The van der Waals surface area contributed by atoms with E-state index in [2.05, 4.69) is 4.98 Å². The Morgan fingerprint density at radius 1 is 0.925 bits per heavy atom. The van der Waals surface area contributed by atoms with E-state index in [0.717, 1.165) is 16.5 Å². The molecule has 1 amide bonds. The first-order chi connectivity index (χ1) is 19.2. The Morgan fingerprint density at radius 2 is 1.60 bits per heavy atom. The van der Waals surface area contributed by atoms with Crippen molar-refractivity contribution in [1.82, 2.24) is 14.8 Å². The standard InChI is InChI=1S/C31H30N4O5/c1-19-16-25-26(17-24(19)20(2)36)33-30(39)28(25)29(21-6-4-3-5-7-21)32-23-10-8-22(9-11-23)31(40)35-14-12-34(13-15-35)18-27(37)38/h3-11,16-17,33,39H,12-15,18H2,1-2H3,(H,37,38). The number of carboxylic acids is 1. The van der Waals surface area contributed by atoms with Crippen molar-refractivity contribution in [2.75, 3.05) is 32.7 Å². The van der Waals surface area contributed by atoms with Gasteiger partial charge in [0.15, 0.2) is 11.7 Å². The third-order valence-corrected chi connectivity index (χ3v) is 7.16. The highest BCUT2D eigenvalue weighted by molar-refractivity contribution is 6.22. The SMILES string of the molecule is CC(=O)c1cc2[nH]c(O)c(C(=Nc3ccc(C(=O)N4CCN(CC(=O)O)CC4)cc3)c3ccccc3)c2cc1C. The highest BCUT2D eigenvalue weighted by Gasteiger charge is 2.24. The predicted molar refractivity (Wildman–Crippen MR) is 153 cm³/mol. The summed E-state index contributed by atoms with van der Waals surface area (Å²) in [7, 11) is 0. The van der Waals surface area contributed by atoms with E-state index >= 15 is 0 Å². The van der Waals surface area contributed by atoms with Crippen molar-refractivity contribution < 1.29 is 24.6 Å². The lowest BCUT2D eigenvalue weighted by molar-refractivity contribution is -0.138. The zero-order valence-electron chi connectivity index (χ0n) is 22.3. The van der Waals surface area contributed by atoms with Gasteiger partial charge in [-0.3, -0.25) is 19.3 Å². The maximum Gasteiger partial charge on any atom is 0.317 e. The van der Waals surface area contributed by atoms with E-state index in [1.165, 1.54) is 6.92 Å². The van der Waals surface area contributed by atoms with Gasteiger partial charge in [0, 0.05) is 53.8 Å². The van der Waals surface area contributed by atoms with Gasteiger partial charge in [-0.05, 0) is 55.8 Å². The molecule has 9 heteroatoms. The second-order valence-corrected chi connectivity index (χ2v) is 9.95. The summed E-state index contributed by atoms with van der Waals surface area (Å²) in [5.74, 6) is -1.09. The number of aromatic hydroxyl groups is 1. The first-order valence-electron chi connectivity index (χ1n) is 13.1. The Kier molecular flexibility index (Phi) is 7.48. The number of aryl methyl sites for hydroxylation is 1. The Morgan fingerprint density at radius 3 is 2.23 bits per heavy atom. The quantitative estimate of drug-likeness (QED) is 0.237. The second-order valence-electron chi connectivity index (χ2n) is 9.95. The van der Waals surface area contributed by atoms with Gasteiger partial charge in [0.1, 0.15) is 0 Å². The lowest BCUT2D eigenvalue weighted by atomic mass is 9.97. The molecule has 4 aromatic rings. The molecule has 3 aromatic carbocycles. The third-order valence-electron chi connectivity index (χ3n) is 7.16. The van der Waals surface area contributed by atoms with E-state index in [1.54, 1.807) is 35.2 Å². The van der Waals surface area contributed by atoms with Gasteiger partial charge in [0.05, 0.1) is 23.5 Å². The number of carbonyl (C=O) groups excluding carboxylic acids is 2. The number of fused-ring (bicyclic) bond motifs is 1. The van der Waals surface area contributed by atoms with Crippen LogP contribution in [0.5, 0.6) is 5.88 Å². The molecule has 0 bridgehead atoms. The molecule has 0 unspecified atom stereocenters. The van der Waals surface area contributed by atoms with Crippen LogP contribution in [0, 0.1) is 6.92 Å². The Labute approximate surface area is 231 Å². The number of aliphatic carboxylic acids is 1. The van der Waals surface area contributed by atoms with Gasteiger partial charge in [0.25, 0.3) is 5.91 Å². The molecule has 1 saturated heterocycles. The summed E-state index contributed by atoms with van der Waals surface area (Å²) >= 11 is 0. The van der Waals surface area contributed by atoms with Gasteiger partial charge in [-0.2, -0.15) is 0 Å². The number of aromatic nitrogens is 1. The van der Waals surface area contributed by atoms with Crippen LogP contribution in [0.4, 0.5) is 5.69 Å². The molecule has 1 aliphatic heterocycles. The maximum atomic E-state index is 13.1. The van der Waals surface area contributed by atoms with Gasteiger partial charge < -0.3 is 20.1 Å². The van der Waals surface area contributed by atoms with Crippen molar-refractivity contribution in [3.63, 3.8) is 0 Å². The van der Waals surface area contributed by atoms with Crippen LogP contribution in [0.15, 0.2) is 71.7 Å². The lowest BCUT2D eigenvalue weighted by Gasteiger charge is -2.33. The van der Waals surface area contributed by atoms with Crippen molar-refractivity contribution in [3.8, 4) is 5.88 Å². The molecule has 40 heavy (non-hydrogen) atoms. The largest absolute Gasteiger partial charge is 0.494 e. The number of piperazine rings is 1. The van der Waals surface area contributed by atoms with Gasteiger partial charge >= 0.3 is 5.97 Å². The van der Waals surface area contributed by atoms with Gasteiger partial charge in [0.2, 0.25) is 0 Å². The molecule has 0 saturated carbocycles. The van der Waals surface area contributed by atoms with Gasteiger partial charge in [-0.1, -0.05) is 30.3 Å². The van der Waals surface area contributed by atoms with Crippen LogP contribution in [0.2, 0.25) is 0 Å². The summed E-state index contributed by atoms with van der Waals surface area (Å²) in [6.45, 7) is 5.32. The fraction of sp³-hybridized carbons (Fsp3) is 0.226. The zero-order valence-corrected chi connectivity index (χ0v) is 22.3. The lowest BCUT2D eigenvalue weighted by Crippen LogP contribution is -2.49. The number of hydrogen-bond acceptors (Lipinski definition) is 6. The summed E-state index contributed by atoms with van der Waals surface area (Å²) in [5.41, 5.74) is 5.03. The summed E-state index contributed by atoms with van der Waals surface area (Å²) in [5, 5.41) is 20.7. The molecule has 1 fully saturated rings. The number of amides is 1. The molecule has 2 heterocycles. The molecule has 1 aromatic heterocycles. The number of nitrogens with zero attached hydrogens (tertiary/aromatic N) is 3. The van der Waals surface area contributed by atoms with Crippen LogP contribution in [-0.4, -0.2) is 81.1 Å². The van der Waals surface area contributed by atoms with E-state index in [9.17, 15) is 19.5 Å². The maximum absolute atomic E-state index is 13.1. The Hall–Kier alpha value is -4.76. The minimum Gasteiger partial charge on any atom is -0.494 e. The molecule has 0 atom stereocenters. The smallest absolute Gasteiger partial charge is 0.317 e. The number of aliphatic imine (C=N–C) groups is 1. The monoisotopic (exact) mass is 538 g/mol. The number of carboxylic acid groups (broad SMARTS) is 1. The zero-order chi connectivity index (χ0) is 28.4. The third kappa shape index (κ3) is 5.50. The van der Waals surface area contributed by atoms with Crippen LogP contribution < -0.4 is 0 Å². The number of hydrogen-bond donors (Lipinski definition) is 3. The molecular formula is C31H30N4O5. The number of aromatic amines is 1.